The highest BCUT2D eigenvalue weighted by atomic mass is 16.5. The summed E-state index contributed by atoms with van der Waals surface area (Å²) in [6.45, 7) is 4.39. The number of aryl methyl sites for hydroxylation is 1. The largest absolute Gasteiger partial charge is 0.501 e. The van der Waals surface area contributed by atoms with Crippen molar-refractivity contribution < 1.29 is 9.53 Å². The lowest BCUT2D eigenvalue weighted by atomic mass is 10.2. The molecule has 1 rings (SSSR count). The van der Waals surface area contributed by atoms with E-state index in [1.807, 2.05) is 38.1 Å². The van der Waals surface area contributed by atoms with Crippen LogP contribution in [-0.4, -0.2) is 12.5 Å². The number of hydrogen-bond acceptors (Lipinski definition) is 3. The van der Waals surface area contributed by atoms with Crippen molar-refractivity contribution in [3.8, 4) is 0 Å². The Kier molecular flexibility index (Phi) is 4.92. The Morgan fingerprint density at radius 2 is 2.31 bits per heavy atom. The van der Waals surface area contributed by atoms with Crippen molar-refractivity contribution in [1.82, 2.24) is 5.43 Å². The van der Waals surface area contributed by atoms with E-state index in [9.17, 15) is 4.79 Å². The van der Waals surface area contributed by atoms with Crippen LogP contribution >= 0.6 is 0 Å². The molecule has 1 aromatic carbocycles. The smallest absolute Gasteiger partial charge is 0.265 e. The fraction of sp³-hybridized carbons (Fsp3) is 0.250. The van der Waals surface area contributed by atoms with Crippen molar-refractivity contribution in [1.29, 1.82) is 0 Å². The second-order valence-corrected chi connectivity index (χ2v) is 3.24. The van der Waals surface area contributed by atoms with Crippen LogP contribution in [0.4, 0.5) is 5.69 Å². The van der Waals surface area contributed by atoms with E-state index < -0.39 is 0 Å². The maximum absolute atomic E-state index is 11.2. The van der Waals surface area contributed by atoms with Gasteiger partial charge in [0.1, 0.15) is 0 Å². The predicted octanol–water partition coefficient (Wildman–Crippen LogP) is 1.99. The maximum Gasteiger partial charge on any atom is 0.265 e. The van der Waals surface area contributed by atoms with Crippen LogP contribution in [0.1, 0.15) is 12.5 Å². The summed E-state index contributed by atoms with van der Waals surface area (Å²) < 4.78 is 4.91. The molecule has 0 aliphatic rings. The molecule has 0 aromatic heterocycles. The fourth-order valence-electron chi connectivity index (χ4n) is 1.10. The zero-order chi connectivity index (χ0) is 11.8. The van der Waals surface area contributed by atoms with E-state index in [0.717, 1.165) is 11.3 Å². The minimum absolute atomic E-state index is 0.255. The van der Waals surface area contributed by atoms with Crippen LogP contribution in [0.15, 0.2) is 36.6 Å². The number of carbonyl (C=O) groups excluding carboxylic acids is 1. The van der Waals surface area contributed by atoms with Crippen molar-refractivity contribution in [3.63, 3.8) is 0 Å². The first-order valence-electron chi connectivity index (χ1n) is 5.13. The van der Waals surface area contributed by atoms with Crippen molar-refractivity contribution in [2.75, 3.05) is 12.0 Å². The minimum Gasteiger partial charge on any atom is -0.501 e. The highest BCUT2D eigenvalue weighted by Crippen LogP contribution is 2.07. The molecule has 4 nitrogen and oxygen atoms in total. The predicted molar refractivity (Wildman–Crippen MR) is 63.7 cm³/mol. The molecule has 16 heavy (non-hydrogen) atoms. The van der Waals surface area contributed by atoms with Gasteiger partial charge in [-0.15, -0.1) is 0 Å². The van der Waals surface area contributed by atoms with Crippen molar-refractivity contribution >= 4 is 11.6 Å². The second-order valence-electron chi connectivity index (χ2n) is 3.24. The second kappa shape index (κ2) is 6.50. The van der Waals surface area contributed by atoms with E-state index in [1.165, 1.54) is 12.3 Å². The number of hydrazine groups is 1. The Hall–Kier alpha value is -1.97. The summed E-state index contributed by atoms with van der Waals surface area (Å²) in [5.74, 6) is -0.255. The molecule has 4 heteroatoms. The zero-order valence-corrected chi connectivity index (χ0v) is 9.49. The first-order chi connectivity index (χ1) is 7.72. The van der Waals surface area contributed by atoms with E-state index in [1.54, 1.807) is 0 Å². The molecular weight excluding hydrogens is 204 g/mol. The Morgan fingerprint density at radius 3 is 3.00 bits per heavy atom. The molecule has 0 heterocycles. The molecule has 0 aliphatic carbocycles. The molecule has 0 fully saturated rings. The summed E-state index contributed by atoms with van der Waals surface area (Å²) in [4.78, 5) is 11.2. The first kappa shape index (κ1) is 12.1. The number of ether oxygens (including phenoxy) is 1. The molecule has 86 valence electrons. The molecule has 1 amide bonds. The molecule has 0 spiro atoms. The minimum atomic E-state index is -0.255. The molecule has 0 radical (unpaired) electrons. The van der Waals surface area contributed by atoms with Crippen molar-refractivity contribution in [2.24, 2.45) is 0 Å². The lowest BCUT2D eigenvalue weighted by Gasteiger charge is -2.06. The summed E-state index contributed by atoms with van der Waals surface area (Å²) >= 11 is 0. The lowest BCUT2D eigenvalue weighted by molar-refractivity contribution is -0.116. The van der Waals surface area contributed by atoms with Crippen LogP contribution < -0.4 is 10.9 Å². The molecule has 0 saturated heterocycles. The fourth-order valence-corrected chi connectivity index (χ4v) is 1.10. The third-order valence-electron chi connectivity index (χ3n) is 1.83. The summed E-state index contributed by atoms with van der Waals surface area (Å²) in [6, 6.07) is 7.72. The Balaban J connectivity index is 2.37. The Labute approximate surface area is 95.3 Å². The van der Waals surface area contributed by atoms with Crippen LogP contribution in [0, 0.1) is 6.92 Å². The maximum atomic E-state index is 11.2. The van der Waals surface area contributed by atoms with Crippen molar-refractivity contribution in [2.45, 2.75) is 13.8 Å². The SMILES string of the molecule is CCO/C=C/C(=O)NNc1cccc(C)c1. The molecule has 0 saturated carbocycles. The Morgan fingerprint density at radius 1 is 1.50 bits per heavy atom. The number of hydrogen-bond donors (Lipinski definition) is 2. The molecule has 0 aliphatic heterocycles. The normalized spacial score (nSPS) is 10.1. The average Bonchev–Trinajstić information content (AvgIpc) is 2.27. The van der Waals surface area contributed by atoms with Gasteiger partial charge in [-0.1, -0.05) is 12.1 Å². The van der Waals surface area contributed by atoms with Gasteiger partial charge in [0, 0.05) is 6.08 Å². The van der Waals surface area contributed by atoms with Gasteiger partial charge in [-0.05, 0) is 31.5 Å². The van der Waals surface area contributed by atoms with E-state index in [2.05, 4.69) is 10.9 Å². The molecule has 0 atom stereocenters. The topological polar surface area (TPSA) is 50.4 Å². The highest BCUT2D eigenvalue weighted by molar-refractivity contribution is 5.88. The summed E-state index contributed by atoms with van der Waals surface area (Å²) in [7, 11) is 0. The van der Waals surface area contributed by atoms with Gasteiger partial charge in [-0.3, -0.25) is 15.6 Å². The number of nitrogens with one attached hydrogen (secondary N) is 2. The van der Waals surface area contributed by atoms with E-state index >= 15 is 0 Å². The number of anilines is 1. The Bertz CT molecular complexity index is 375. The third-order valence-corrected chi connectivity index (χ3v) is 1.83. The monoisotopic (exact) mass is 220 g/mol. The zero-order valence-electron chi connectivity index (χ0n) is 9.49. The van der Waals surface area contributed by atoms with Gasteiger partial charge in [0.2, 0.25) is 0 Å². The van der Waals surface area contributed by atoms with Gasteiger partial charge in [0.25, 0.3) is 5.91 Å². The number of benzene rings is 1. The lowest BCUT2D eigenvalue weighted by Crippen LogP contribution is -2.27. The third kappa shape index (κ3) is 4.50. The number of carbonyl (C=O) groups is 1. The molecule has 0 unspecified atom stereocenters. The van der Waals surface area contributed by atoms with Gasteiger partial charge >= 0.3 is 0 Å². The van der Waals surface area contributed by atoms with E-state index in [-0.39, 0.29) is 5.91 Å². The summed E-state index contributed by atoms with van der Waals surface area (Å²) in [6.07, 6.45) is 2.69. The number of rotatable bonds is 5. The van der Waals surface area contributed by atoms with Gasteiger partial charge in [0.15, 0.2) is 0 Å². The first-order valence-corrected chi connectivity index (χ1v) is 5.13. The van der Waals surface area contributed by atoms with Gasteiger partial charge in [0.05, 0.1) is 18.6 Å². The molecule has 0 bridgehead atoms. The van der Waals surface area contributed by atoms with Crippen LogP contribution in [-0.2, 0) is 9.53 Å². The molecule has 1 aromatic rings. The van der Waals surface area contributed by atoms with Gasteiger partial charge in [-0.25, -0.2) is 0 Å². The van der Waals surface area contributed by atoms with E-state index in [4.69, 9.17) is 4.74 Å². The van der Waals surface area contributed by atoms with Gasteiger partial charge < -0.3 is 4.74 Å². The van der Waals surface area contributed by atoms with Crippen LogP contribution in [0.3, 0.4) is 0 Å². The summed E-state index contributed by atoms with van der Waals surface area (Å²) in [5.41, 5.74) is 7.31. The van der Waals surface area contributed by atoms with Crippen LogP contribution in [0.2, 0.25) is 0 Å². The standard InChI is InChI=1S/C12H16N2O2/c1-3-16-8-7-12(15)14-13-11-6-4-5-10(2)9-11/h4-9,13H,3H2,1-2H3,(H,14,15)/b8-7+. The average molecular weight is 220 g/mol. The highest BCUT2D eigenvalue weighted by Gasteiger charge is 1.95. The van der Waals surface area contributed by atoms with Crippen LogP contribution in [0.5, 0.6) is 0 Å². The summed E-state index contributed by atoms with van der Waals surface area (Å²) in [5, 5.41) is 0. The van der Waals surface area contributed by atoms with Crippen molar-refractivity contribution in [3.05, 3.63) is 42.2 Å². The quantitative estimate of drug-likeness (QED) is 0.453. The van der Waals surface area contributed by atoms with Gasteiger partial charge in [-0.2, -0.15) is 0 Å². The number of amides is 1. The van der Waals surface area contributed by atoms with Crippen LogP contribution in [0.25, 0.3) is 0 Å². The molecule has 2 N–H and O–H groups in total. The van der Waals surface area contributed by atoms with E-state index in [0.29, 0.717) is 6.61 Å². The molecular formula is C12H16N2O2.